The molecule has 0 saturated carbocycles. The zero-order chi connectivity index (χ0) is 14.5. The van der Waals surface area contributed by atoms with E-state index in [1.807, 2.05) is 0 Å². The third kappa shape index (κ3) is 7.50. The molecule has 0 heterocycles. The van der Waals surface area contributed by atoms with Crippen LogP contribution in [-0.4, -0.2) is 60.4 Å². The van der Waals surface area contributed by atoms with Crippen molar-refractivity contribution in [3.8, 4) is 0 Å². The summed E-state index contributed by atoms with van der Waals surface area (Å²) < 4.78 is 37.1. The average Bonchev–Trinajstić information content (AvgIpc) is 2.12. The highest BCUT2D eigenvalue weighted by molar-refractivity contribution is 5.77. The van der Waals surface area contributed by atoms with E-state index in [4.69, 9.17) is 0 Å². The second kappa shape index (κ2) is 6.94. The maximum Gasteiger partial charge on any atom is 0.401 e. The first kappa shape index (κ1) is 17.2. The molecule has 1 amide bonds. The third-order valence-corrected chi connectivity index (χ3v) is 2.32. The van der Waals surface area contributed by atoms with Crippen LogP contribution in [0.2, 0.25) is 0 Å². The summed E-state index contributed by atoms with van der Waals surface area (Å²) in [6.45, 7) is 1.85. The molecule has 0 fully saturated rings. The second-order valence-electron chi connectivity index (χ2n) is 4.92. The van der Waals surface area contributed by atoms with Gasteiger partial charge in [0, 0.05) is 14.1 Å². The van der Waals surface area contributed by atoms with Crippen molar-refractivity contribution in [2.45, 2.75) is 32.7 Å². The Morgan fingerprint density at radius 2 is 1.78 bits per heavy atom. The Balaban J connectivity index is 4.66. The van der Waals surface area contributed by atoms with E-state index in [-0.39, 0.29) is 12.3 Å². The summed E-state index contributed by atoms with van der Waals surface area (Å²) in [5.41, 5.74) is 0. The van der Waals surface area contributed by atoms with Gasteiger partial charge in [-0.15, -0.1) is 0 Å². The fraction of sp³-hybridized carbons (Fsp3) is 0.909. The first-order valence-corrected chi connectivity index (χ1v) is 5.72. The van der Waals surface area contributed by atoms with Crippen molar-refractivity contribution in [2.24, 2.45) is 5.92 Å². The Morgan fingerprint density at radius 3 is 2.11 bits per heavy atom. The van der Waals surface area contributed by atoms with E-state index >= 15 is 0 Å². The maximum absolute atomic E-state index is 12.4. The molecule has 4 nitrogen and oxygen atoms in total. The first-order valence-electron chi connectivity index (χ1n) is 5.72. The van der Waals surface area contributed by atoms with Crippen molar-refractivity contribution in [3.05, 3.63) is 0 Å². The van der Waals surface area contributed by atoms with Crippen molar-refractivity contribution < 1.29 is 23.1 Å². The molecule has 1 unspecified atom stereocenters. The van der Waals surface area contributed by atoms with Gasteiger partial charge in [-0.05, 0) is 12.3 Å². The van der Waals surface area contributed by atoms with Crippen LogP contribution in [0.15, 0.2) is 0 Å². The van der Waals surface area contributed by atoms with Crippen LogP contribution in [0.1, 0.15) is 20.3 Å². The summed E-state index contributed by atoms with van der Waals surface area (Å²) in [4.78, 5) is 13.4. The topological polar surface area (TPSA) is 43.8 Å². The molecule has 0 aliphatic rings. The van der Waals surface area contributed by atoms with Gasteiger partial charge in [-0.2, -0.15) is 13.2 Å². The number of aliphatic hydroxyl groups excluding tert-OH is 1. The van der Waals surface area contributed by atoms with Gasteiger partial charge in [0.25, 0.3) is 0 Å². The molecular weight excluding hydrogens is 249 g/mol. The molecule has 0 saturated heterocycles. The highest BCUT2D eigenvalue weighted by Crippen LogP contribution is 2.19. The predicted octanol–water partition coefficient (Wildman–Crippen LogP) is 1.30. The van der Waals surface area contributed by atoms with Gasteiger partial charge in [0.2, 0.25) is 5.91 Å². The van der Waals surface area contributed by atoms with Gasteiger partial charge < -0.3 is 10.0 Å². The summed E-state index contributed by atoms with van der Waals surface area (Å²) in [5, 5.41) is 9.73. The van der Waals surface area contributed by atoms with Crippen LogP contribution in [0, 0.1) is 5.92 Å². The largest absolute Gasteiger partial charge is 0.401 e. The van der Waals surface area contributed by atoms with Gasteiger partial charge in [0.05, 0.1) is 13.1 Å². The molecule has 7 heteroatoms. The molecule has 0 aromatic carbocycles. The van der Waals surface area contributed by atoms with Crippen LogP contribution in [-0.2, 0) is 4.79 Å². The van der Waals surface area contributed by atoms with E-state index in [0.29, 0.717) is 0 Å². The number of alkyl halides is 3. The maximum atomic E-state index is 12.4. The number of carbonyl (C=O) groups is 1. The molecule has 0 aromatic heterocycles. The highest BCUT2D eigenvalue weighted by Gasteiger charge is 2.34. The monoisotopic (exact) mass is 270 g/mol. The zero-order valence-corrected chi connectivity index (χ0v) is 11.2. The minimum atomic E-state index is -4.44. The quantitative estimate of drug-likeness (QED) is 0.740. The molecule has 18 heavy (non-hydrogen) atoms. The lowest BCUT2D eigenvalue weighted by molar-refractivity contribution is -0.171. The van der Waals surface area contributed by atoms with E-state index in [2.05, 4.69) is 0 Å². The minimum Gasteiger partial charge on any atom is -0.378 e. The Morgan fingerprint density at radius 1 is 1.28 bits per heavy atom. The number of likely N-dealkylation sites (N-methyl/N-ethyl adjacent to an activating group) is 1. The van der Waals surface area contributed by atoms with Crippen molar-refractivity contribution in [3.63, 3.8) is 0 Å². The van der Waals surface area contributed by atoms with Crippen molar-refractivity contribution in [1.29, 1.82) is 0 Å². The van der Waals surface area contributed by atoms with Crippen LogP contribution in [0.25, 0.3) is 0 Å². The van der Waals surface area contributed by atoms with Gasteiger partial charge in [0.1, 0.15) is 6.23 Å². The van der Waals surface area contributed by atoms with Crippen LogP contribution < -0.4 is 0 Å². The summed E-state index contributed by atoms with van der Waals surface area (Å²) in [6, 6.07) is 0. The Labute approximate surface area is 105 Å². The highest BCUT2D eigenvalue weighted by atomic mass is 19.4. The van der Waals surface area contributed by atoms with Crippen molar-refractivity contribution in [2.75, 3.05) is 27.2 Å². The lowest BCUT2D eigenvalue weighted by atomic mass is 10.1. The number of aliphatic hydroxyl groups is 1. The molecule has 0 rings (SSSR count). The van der Waals surface area contributed by atoms with E-state index in [9.17, 15) is 23.1 Å². The summed E-state index contributed by atoms with van der Waals surface area (Å²) in [7, 11) is 2.92. The molecule has 0 radical (unpaired) electrons. The molecule has 0 bridgehead atoms. The van der Waals surface area contributed by atoms with Crippen LogP contribution in [0.3, 0.4) is 0 Å². The van der Waals surface area contributed by atoms with Gasteiger partial charge in [-0.3, -0.25) is 9.69 Å². The number of hydrogen-bond donors (Lipinski definition) is 1. The number of rotatable bonds is 6. The fourth-order valence-corrected chi connectivity index (χ4v) is 1.38. The molecular formula is C11H21F3N2O2. The van der Waals surface area contributed by atoms with E-state index in [1.165, 1.54) is 19.0 Å². The van der Waals surface area contributed by atoms with Gasteiger partial charge in [0.15, 0.2) is 0 Å². The molecule has 0 spiro atoms. The molecule has 0 aromatic rings. The number of nitrogens with zero attached hydrogens (tertiary/aromatic N) is 2. The molecule has 108 valence electrons. The molecule has 1 N–H and O–H groups in total. The summed E-state index contributed by atoms with van der Waals surface area (Å²) in [5.74, 6) is -0.424. The van der Waals surface area contributed by atoms with E-state index in [0.717, 1.165) is 4.90 Å². The Kier molecular flexibility index (Phi) is 6.62. The fourth-order valence-electron chi connectivity index (χ4n) is 1.38. The lowest BCUT2D eigenvalue weighted by Crippen LogP contribution is -2.47. The zero-order valence-electron chi connectivity index (χ0n) is 11.2. The van der Waals surface area contributed by atoms with Gasteiger partial charge >= 0.3 is 6.18 Å². The van der Waals surface area contributed by atoms with E-state index < -0.39 is 31.4 Å². The van der Waals surface area contributed by atoms with Crippen molar-refractivity contribution in [1.82, 2.24) is 9.80 Å². The summed E-state index contributed by atoms with van der Waals surface area (Å²) in [6.07, 6.45) is -5.52. The molecule has 1 atom stereocenters. The van der Waals surface area contributed by atoms with Crippen LogP contribution >= 0.6 is 0 Å². The van der Waals surface area contributed by atoms with Crippen LogP contribution in [0.5, 0.6) is 0 Å². The number of halogens is 3. The van der Waals surface area contributed by atoms with Gasteiger partial charge in [-0.1, -0.05) is 13.8 Å². The average molecular weight is 270 g/mol. The molecule has 0 aliphatic carbocycles. The standard InChI is InChI=1S/C11H21F3N2O2/c1-8(2)5-9(17)16(7-11(12,13)14)6-10(18)15(3)4/h8-9,17H,5-7H2,1-4H3. The minimum absolute atomic E-state index is 0.0465. The Hall–Kier alpha value is -0.820. The second-order valence-corrected chi connectivity index (χ2v) is 4.92. The van der Waals surface area contributed by atoms with Crippen LogP contribution in [0.4, 0.5) is 13.2 Å². The smallest absolute Gasteiger partial charge is 0.378 e. The SMILES string of the molecule is CC(C)CC(O)N(CC(=O)N(C)C)CC(F)(F)F. The molecule has 0 aliphatic heterocycles. The van der Waals surface area contributed by atoms with Crippen molar-refractivity contribution >= 4 is 5.91 Å². The number of hydrogen-bond acceptors (Lipinski definition) is 3. The predicted molar refractivity (Wildman–Crippen MR) is 61.8 cm³/mol. The number of amides is 1. The van der Waals surface area contributed by atoms with E-state index in [1.54, 1.807) is 13.8 Å². The summed E-state index contributed by atoms with van der Waals surface area (Å²) >= 11 is 0. The normalized spacial score (nSPS) is 14.1. The third-order valence-electron chi connectivity index (χ3n) is 2.32. The lowest BCUT2D eigenvalue weighted by Gasteiger charge is -2.30. The number of carbonyl (C=O) groups excluding carboxylic acids is 1. The Bertz CT molecular complexity index is 268. The first-order chi connectivity index (χ1) is 8.03. The van der Waals surface area contributed by atoms with Gasteiger partial charge in [-0.25, -0.2) is 0 Å².